The fourth-order valence-corrected chi connectivity index (χ4v) is 4.24. The number of rotatable bonds is 10. The number of carboxylic acid groups (broad SMARTS) is 1. The van der Waals surface area contributed by atoms with Crippen LogP contribution in [0.2, 0.25) is 0 Å². The summed E-state index contributed by atoms with van der Waals surface area (Å²) in [5, 5.41) is 21.4. The molecular weight excluding hydrogens is 407 g/mol. The molecular formula is C21H27N2O6P. The minimum absolute atomic E-state index is 0.00346. The summed E-state index contributed by atoms with van der Waals surface area (Å²) in [7, 11) is -3.81. The molecule has 0 aliphatic rings. The molecule has 0 saturated heterocycles. The van der Waals surface area contributed by atoms with Gasteiger partial charge in [-0.1, -0.05) is 42.5 Å². The Morgan fingerprint density at radius 1 is 1.03 bits per heavy atom. The number of benzene rings is 2. The van der Waals surface area contributed by atoms with E-state index in [0.717, 1.165) is 5.56 Å². The number of amides is 1. The second kappa shape index (κ2) is 10.4. The quantitative estimate of drug-likeness (QED) is 0.359. The molecule has 2 aromatic rings. The van der Waals surface area contributed by atoms with Gasteiger partial charge in [0.25, 0.3) is 0 Å². The maximum absolute atomic E-state index is 12.9. The molecule has 2 aromatic carbocycles. The first-order chi connectivity index (χ1) is 14.1. The summed E-state index contributed by atoms with van der Waals surface area (Å²) in [5.74, 6) is -3.73. The molecule has 162 valence electrons. The Bertz CT molecular complexity index is 901. The van der Waals surface area contributed by atoms with Gasteiger partial charge < -0.3 is 26.2 Å². The Morgan fingerprint density at radius 2 is 1.60 bits per heavy atom. The van der Waals surface area contributed by atoms with Crippen LogP contribution in [0.25, 0.3) is 0 Å². The molecule has 0 fully saturated rings. The predicted molar refractivity (Wildman–Crippen MR) is 113 cm³/mol. The predicted octanol–water partition coefficient (Wildman–Crippen LogP) is 1.94. The molecule has 0 aliphatic carbocycles. The first kappa shape index (κ1) is 23.6. The number of aliphatic carboxylic acids is 1. The number of aromatic hydroxyl groups is 1. The highest BCUT2D eigenvalue weighted by Gasteiger charge is 2.33. The van der Waals surface area contributed by atoms with Crippen LogP contribution in [0.15, 0.2) is 54.6 Å². The Labute approximate surface area is 175 Å². The Morgan fingerprint density at radius 3 is 2.13 bits per heavy atom. The van der Waals surface area contributed by atoms with E-state index in [-0.39, 0.29) is 24.8 Å². The highest BCUT2D eigenvalue weighted by molar-refractivity contribution is 7.58. The van der Waals surface area contributed by atoms with Crippen molar-refractivity contribution in [3.8, 4) is 5.75 Å². The summed E-state index contributed by atoms with van der Waals surface area (Å²) < 4.78 is 12.5. The van der Waals surface area contributed by atoms with Crippen molar-refractivity contribution < 1.29 is 29.3 Å². The normalized spacial score (nSPS) is 16.1. The molecule has 4 atom stereocenters. The summed E-state index contributed by atoms with van der Waals surface area (Å²) in [6.07, 6.45) is -0.171. The van der Waals surface area contributed by atoms with Crippen LogP contribution in [0.3, 0.4) is 0 Å². The molecule has 0 aliphatic heterocycles. The van der Waals surface area contributed by atoms with Gasteiger partial charge >= 0.3 is 5.97 Å². The molecule has 0 saturated carbocycles. The van der Waals surface area contributed by atoms with Crippen LogP contribution in [0.5, 0.6) is 5.75 Å². The lowest BCUT2D eigenvalue weighted by Gasteiger charge is -2.24. The summed E-state index contributed by atoms with van der Waals surface area (Å²) in [6.45, 7) is 1.41. The molecule has 0 spiro atoms. The third-order valence-electron chi connectivity index (χ3n) is 4.80. The topological polar surface area (TPSA) is 150 Å². The van der Waals surface area contributed by atoms with E-state index in [0.29, 0.717) is 5.56 Å². The average molecular weight is 434 g/mol. The second-order valence-corrected chi connectivity index (χ2v) is 10.0. The van der Waals surface area contributed by atoms with Gasteiger partial charge in [0.15, 0.2) is 0 Å². The molecule has 1 unspecified atom stereocenters. The highest BCUT2D eigenvalue weighted by Crippen LogP contribution is 2.45. The lowest BCUT2D eigenvalue weighted by molar-refractivity contribution is -0.142. The zero-order chi connectivity index (χ0) is 22.3. The maximum Gasteiger partial charge on any atom is 0.326 e. The third-order valence-corrected chi connectivity index (χ3v) is 7.04. The Hall–Kier alpha value is -2.67. The molecule has 1 amide bonds. The molecule has 0 aromatic heterocycles. The number of nitrogens with two attached hydrogens (primary N) is 1. The van der Waals surface area contributed by atoms with E-state index in [1.54, 1.807) is 36.4 Å². The van der Waals surface area contributed by atoms with Crippen LogP contribution in [-0.2, 0) is 27.0 Å². The molecule has 2 rings (SSSR count). The van der Waals surface area contributed by atoms with Crippen molar-refractivity contribution in [2.24, 2.45) is 11.7 Å². The SMILES string of the molecule is C[C@H](N)P(=O)(O)C[C@H](Cc1ccccc1)C(=O)N[C@@H](Cc1ccc(O)cc1)C(=O)O. The van der Waals surface area contributed by atoms with Crippen LogP contribution in [0.4, 0.5) is 0 Å². The van der Waals surface area contributed by atoms with Crippen LogP contribution in [0.1, 0.15) is 18.1 Å². The average Bonchev–Trinajstić information content (AvgIpc) is 2.69. The first-order valence-electron chi connectivity index (χ1n) is 9.50. The largest absolute Gasteiger partial charge is 0.508 e. The maximum atomic E-state index is 12.9. The Balaban J connectivity index is 2.20. The molecule has 6 N–H and O–H groups in total. The highest BCUT2D eigenvalue weighted by atomic mass is 31.2. The number of carbonyl (C=O) groups is 2. The van der Waals surface area contributed by atoms with Gasteiger partial charge in [0.1, 0.15) is 11.8 Å². The van der Waals surface area contributed by atoms with Gasteiger partial charge in [0.05, 0.1) is 11.7 Å². The van der Waals surface area contributed by atoms with Gasteiger partial charge in [-0.25, -0.2) is 4.79 Å². The standard InChI is InChI=1S/C21H27N2O6P/c1-14(22)30(28,29)13-17(11-15-5-3-2-4-6-15)20(25)23-19(21(26)27)12-16-7-9-18(24)10-8-16/h2-10,14,17,19,24H,11-13,22H2,1H3,(H,23,25)(H,26,27)(H,28,29)/t14-,17+,19+/m1/s1. The molecule has 9 heteroatoms. The van der Waals surface area contributed by atoms with Gasteiger partial charge in [0.2, 0.25) is 13.3 Å². The van der Waals surface area contributed by atoms with Gasteiger partial charge in [0, 0.05) is 12.6 Å². The van der Waals surface area contributed by atoms with E-state index in [9.17, 15) is 29.3 Å². The van der Waals surface area contributed by atoms with Crippen molar-refractivity contribution in [2.45, 2.75) is 31.6 Å². The van der Waals surface area contributed by atoms with E-state index in [2.05, 4.69) is 5.32 Å². The number of hydrogen-bond donors (Lipinski definition) is 5. The van der Waals surface area contributed by atoms with Crippen molar-refractivity contribution in [1.29, 1.82) is 0 Å². The first-order valence-corrected chi connectivity index (χ1v) is 11.4. The zero-order valence-corrected chi connectivity index (χ0v) is 17.5. The summed E-state index contributed by atoms with van der Waals surface area (Å²) in [6, 6.07) is 13.7. The lowest BCUT2D eigenvalue weighted by Crippen LogP contribution is -2.46. The monoisotopic (exact) mass is 434 g/mol. The summed E-state index contributed by atoms with van der Waals surface area (Å²) in [5.41, 5.74) is 7.02. The van der Waals surface area contributed by atoms with Crippen LogP contribution >= 0.6 is 7.37 Å². The van der Waals surface area contributed by atoms with Crippen molar-refractivity contribution in [1.82, 2.24) is 5.32 Å². The zero-order valence-electron chi connectivity index (χ0n) is 16.6. The van der Waals surface area contributed by atoms with Crippen LogP contribution < -0.4 is 11.1 Å². The van der Waals surface area contributed by atoms with Crippen molar-refractivity contribution >= 4 is 19.2 Å². The van der Waals surface area contributed by atoms with Gasteiger partial charge in [-0.2, -0.15) is 0 Å². The minimum Gasteiger partial charge on any atom is -0.508 e. The van der Waals surface area contributed by atoms with E-state index >= 15 is 0 Å². The second-order valence-electron chi connectivity index (χ2n) is 7.34. The van der Waals surface area contributed by atoms with E-state index in [1.807, 2.05) is 6.07 Å². The number of phenolic OH excluding ortho intramolecular Hbond substituents is 1. The van der Waals surface area contributed by atoms with E-state index < -0.39 is 37.0 Å². The molecule has 30 heavy (non-hydrogen) atoms. The fraction of sp³-hybridized carbons (Fsp3) is 0.333. The molecule has 0 bridgehead atoms. The Kier molecular flexibility index (Phi) is 8.17. The number of hydrogen-bond acceptors (Lipinski definition) is 5. The van der Waals surface area contributed by atoms with Crippen LogP contribution in [-0.4, -0.2) is 45.0 Å². The molecule has 0 radical (unpaired) electrons. The third kappa shape index (κ3) is 6.99. The summed E-state index contributed by atoms with van der Waals surface area (Å²) >= 11 is 0. The number of carboxylic acids is 1. The van der Waals surface area contributed by atoms with Crippen molar-refractivity contribution in [3.05, 3.63) is 65.7 Å². The van der Waals surface area contributed by atoms with E-state index in [4.69, 9.17) is 5.73 Å². The minimum atomic E-state index is -3.81. The van der Waals surface area contributed by atoms with Gasteiger partial charge in [-0.3, -0.25) is 9.36 Å². The fourth-order valence-electron chi connectivity index (χ4n) is 2.98. The number of phenols is 1. The van der Waals surface area contributed by atoms with Gasteiger partial charge in [-0.05, 0) is 36.6 Å². The molecule has 0 heterocycles. The molecule has 8 nitrogen and oxygen atoms in total. The smallest absolute Gasteiger partial charge is 0.326 e. The number of nitrogens with one attached hydrogen (secondary N) is 1. The van der Waals surface area contributed by atoms with Crippen LogP contribution in [0, 0.1) is 5.92 Å². The summed E-state index contributed by atoms with van der Waals surface area (Å²) in [4.78, 5) is 34.8. The van der Waals surface area contributed by atoms with Gasteiger partial charge in [-0.15, -0.1) is 0 Å². The lowest BCUT2D eigenvalue weighted by atomic mass is 9.99. The number of carbonyl (C=O) groups excluding carboxylic acids is 1. The van der Waals surface area contributed by atoms with Crippen molar-refractivity contribution in [3.63, 3.8) is 0 Å². The van der Waals surface area contributed by atoms with E-state index in [1.165, 1.54) is 19.1 Å². The van der Waals surface area contributed by atoms with Crippen molar-refractivity contribution in [2.75, 3.05) is 6.16 Å².